The highest BCUT2D eigenvalue weighted by atomic mass is 16.6. The molecule has 1 fully saturated rings. The minimum Gasteiger partial charge on any atom is -0.462 e. The molecule has 1 aromatic rings. The van der Waals surface area contributed by atoms with Gasteiger partial charge in [0.25, 0.3) is 5.69 Å². The number of aliphatic imine (C=N–C) groups is 1. The predicted octanol–water partition coefficient (Wildman–Crippen LogP) is 3.99. The Kier molecular flexibility index (Phi) is 7.27. The molecule has 0 radical (unpaired) electrons. The third kappa shape index (κ3) is 4.66. The molecule has 172 valence electrons. The molecule has 9 nitrogen and oxygen atoms in total. The van der Waals surface area contributed by atoms with Crippen molar-refractivity contribution in [1.82, 2.24) is 0 Å². The van der Waals surface area contributed by atoms with Crippen LogP contribution in [0.5, 0.6) is 0 Å². The average molecular weight is 444 g/mol. The third-order valence-corrected chi connectivity index (χ3v) is 5.70. The van der Waals surface area contributed by atoms with Crippen molar-refractivity contribution in [3.05, 3.63) is 51.1 Å². The van der Waals surface area contributed by atoms with E-state index >= 15 is 0 Å². The number of non-ortho nitro benzene ring substituents is 1. The van der Waals surface area contributed by atoms with Crippen LogP contribution in [-0.4, -0.2) is 42.0 Å². The SMILES string of the molecule is CCOC(=O)C1=C(C(=O)OCC)C(C)(c2ccc([N+](=O)[O-])cc2)OC1=NC1CCCCC1. The van der Waals surface area contributed by atoms with Crippen molar-refractivity contribution in [2.45, 2.75) is 64.5 Å². The Hall–Kier alpha value is -3.23. The van der Waals surface area contributed by atoms with Gasteiger partial charge in [-0.05, 0) is 45.7 Å². The van der Waals surface area contributed by atoms with Crippen LogP contribution in [0.1, 0.15) is 58.4 Å². The van der Waals surface area contributed by atoms with Crippen LogP contribution in [0.15, 0.2) is 40.4 Å². The van der Waals surface area contributed by atoms with Gasteiger partial charge in [-0.3, -0.25) is 10.1 Å². The number of nitro benzene ring substituents is 1. The van der Waals surface area contributed by atoms with E-state index in [-0.39, 0.29) is 42.0 Å². The molecule has 0 amide bonds. The fourth-order valence-corrected chi connectivity index (χ4v) is 4.10. The molecule has 0 spiro atoms. The number of hydrogen-bond acceptors (Lipinski definition) is 8. The molecule has 1 atom stereocenters. The first-order valence-electron chi connectivity index (χ1n) is 10.9. The Balaban J connectivity index is 2.16. The Morgan fingerprint density at radius 3 is 2.25 bits per heavy atom. The maximum absolute atomic E-state index is 13.0. The normalized spacial score (nSPS) is 22.5. The second-order valence-corrected chi connectivity index (χ2v) is 7.86. The largest absolute Gasteiger partial charge is 0.462 e. The first kappa shape index (κ1) is 23.4. The molecule has 2 aliphatic rings. The summed E-state index contributed by atoms with van der Waals surface area (Å²) in [6, 6.07) is 5.64. The summed E-state index contributed by atoms with van der Waals surface area (Å²) in [5, 5.41) is 11.1. The number of carbonyl (C=O) groups excluding carboxylic acids is 2. The number of nitrogens with zero attached hydrogens (tertiary/aromatic N) is 2. The summed E-state index contributed by atoms with van der Waals surface area (Å²) in [5.74, 6) is -1.37. The maximum Gasteiger partial charge on any atom is 0.344 e. The van der Waals surface area contributed by atoms with Crippen molar-refractivity contribution >= 4 is 23.5 Å². The summed E-state index contributed by atoms with van der Waals surface area (Å²) in [7, 11) is 0. The molecule has 1 heterocycles. The van der Waals surface area contributed by atoms with E-state index in [0.29, 0.717) is 5.56 Å². The van der Waals surface area contributed by atoms with E-state index in [9.17, 15) is 19.7 Å². The van der Waals surface area contributed by atoms with Crippen molar-refractivity contribution in [3.8, 4) is 0 Å². The summed E-state index contributed by atoms with van der Waals surface area (Å²) in [5.41, 5.74) is -1.12. The molecule has 0 N–H and O–H groups in total. The van der Waals surface area contributed by atoms with Crippen LogP contribution < -0.4 is 0 Å². The Bertz CT molecular complexity index is 946. The van der Waals surface area contributed by atoms with Crippen molar-refractivity contribution in [2.24, 2.45) is 4.99 Å². The van der Waals surface area contributed by atoms with Gasteiger partial charge in [-0.25, -0.2) is 14.6 Å². The monoisotopic (exact) mass is 444 g/mol. The Labute approximate surface area is 186 Å². The molecule has 9 heteroatoms. The van der Waals surface area contributed by atoms with Crippen molar-refractivity contribution in [3.63, 3.8) is 0 Å². The number of carbonyl (C=O) groups is 2. The molecule has 1 saturated carbocycles. The molecule has 3 rings (SSSR count). The lowest BCUT2D eigenvalue weighted by Crippen LogP contribution is -2.30. The van der Waals surface area contributed by atoms with Gasteiger partial charge in [0, 0.05) is 17.7 Å². The highest BCUT2D eigenvalue weighted by Gasteiger charge is 2.51. The molecule has 0 aromatic heterocycles. The zero-order valence-corrected chi connectivity index (χ0v) is 18.6. The van der Waals surface area contributed by atoms with E-state index in [2.05, 4.69) is 0 Å². The van der Waals surface area contributed by atoms with Gasteiger partial charge in [0.2, 0.25) is 5.90 Å². The summed E-state index contributed by atoms with van der Waals surface area (Å²) in [6.07, 6.45) is 4.93. The maximum atomic E-state index is 13.0. The highest BCUT2D eigenvalue weighted by Crippen LogP contribution is 2.43. The molecular formula is C23H28N2O7. The molecule has 32 heavy (non-hydrogen) atoms. The number of hydrogen-bond donors (Lipinski definition) is 0. The molecule has 1 aliphatic heterocycles. The zero-order valence-electron chi connectivity index (χ0n) is 18.6. The smallest absolute Gasteiger partial charge is 0.344 e. The third-order valence-electron chi connectivity index (χ3n) is 5.70. The first-order chi connectivity index (χ1) is 15.3. The van der Waals surface area contributed by atoms with Crippen LogP contribution in [-0.2, 0) is 29.4 Å². The molecule has 1 aliphatic carbocycles. The van der Waals surface area contributed by atoms with Gasteiger partial charge in [0.15, 0.2) is 5.60 Å². The second kappa shape index (κ2) is 9.93. The van der Waals surface area contributed by atoms with Gasteiger partial charge >= 0.3 is 11.9 Å². The van der Waals surface area contributed by atoms with Crippen molar-refractivity contribution in [1.29, 1.82) is 0 Å². The standard InChI is InChI=1S/C23H28N2O7/c1-4-30-21(26)18-19(22(27)31-5-2)23(3,15-11-13-17(14-12-15)25(28)29)32-20(18)24-16-9-7-6-8-10-16/h11-14,16H,4-10H2,1-3H3. The van der Waals surface area contributed by atoms with E-state index in [1.54, 1.807) is 20.8 Å². The van der Waals surface area contributed by atoms with E-state index in [0.717, 1.165) is 32.1 Å². The summed E-state index contributed by atoms with van der Waals surface area (Å²) in [6.45, 7) is 5.18. The van der Waals surface area contributed by atoms with Gasteiger partial charge in [-0.15, -0.1) is 0 Å². The van der Waals surface area contributed by atoms with Crippen molar-refractivity contribution < 1.29 is 28.7 Å². The average Bonchev–Trinajstić information content (AvgIpc) is 3.08. The lowest BCUT2D eigenvalue weighted by atomic mass is 9.86. The topological polar surface area (TPSA) is 117 Å². The molecule has 1 unspecified atom stereocenters. The van der Waals surface area contributed by atoms with Gasteiger partial charge in [0.05, 0.1) is 24.2 Å². The second-order valence-electron chi connectivity index (χ2n) is 7.86. The van der Waals surface area contributed by atoms with E-state index in [4.69, 9.17) is 19.2 Å². The summed E-state index contributed by atoms with van der Waals surface area (Å²) >= 11 is 0. The van der Waals surface area contributed by atoms with Crippen LogP contribution in [0.3, 0.4) is 0 Å². The Morgan fingerprint density at radius 2 is 1.69 bits per heavy atom. The molecular weight excluding hydrogens is 416 g/mol. The van der Waals surface area contributed by atoms with Gasteiger partial charge in [-0.2, -0.15) is 0 Å². The molecule has 1 aromatic carbocycles. The highest BCUT2D eigenvalue weighted by molar-refractivity contribution is 6.23. The molecule has 0 saturated heterocycles. The van der Waals surface area contributed by atoms with E-state index in [1.807, 2.05) is 0 Å². The predicted molar refractivity (Wildman–Crippen MR) is 116 cm³/mol. The van der Waals surface area contributed by atoms with Gasteiger partial charge in [0.1, 0.15) is 11.1 Å². The lowest BCUT2D eigenvalue weighted by molar-refractivity contribution is -0.384. The van der Waals surface area contributed by atoms with Crippen LogP contribution in [0, 0.1) is 10.1 Å². The Morgan fingerprint density at radius 1 is 1.09 bits per heavy atom. The number of esters is 2. The lowest BCUT2D eigenvalue weighted by Gasteiger charge is -2.27. The minimum atomic E-state index is -1.42. The van der Waals surface area contributed by atoms with Crippen molar-refractivity contribution in [2.75, 3.05) is 13.2 Å². The number of rotatable bonds is 7. The van der Waals surface area contributed by atoms with Crippen LogP contribution in [0.25, 0.3) is 0 Å². The van der Waals surface area contributed by atoms with Gasteiger partial charge < -0.3 is 14.2 Å². The van der Waals surface area contributed by atoms with Crippen LogP contribution in [0.4, 0.5) is 5.69 Å². The fourth-order valence-electron chi connectivity index (χ4n) is 4.10. The number of benzene rings is 1. The minimum absolute atomic E-state index is 0.0128. The van der Waals surface area contributed by atoms with Crippen LogP contribution in [0.2, 0.25) is 0 Å². The van der Waals surface area contributed by atoms with Gasteiger partial charge in [-0.1, -0.05) is 19.3 Å². The number of ether oxygens (including phenoxy) is 3. The van der Waals surface area contributed by atoms with E-state index in [1.165, 1.54) is 24.3 Å². The quantitative estimate of drug-likeness (QED) is 0.354. The summed E-state index contributed by atoms with van der Waals surface area (Å²) < 4.78 is 16.7. The van der Waals surface area contributed by atoms with E-state index < -0.39 is 22.5 Å². The number of nitro groups is 1. The summed E-state index contributed by atoms with van der Waals surface area (Å²) in [4.78, 5) is 41.2. The fraction of sp³-hybridized carbons (Fsp3) is 0.522. The molecule has 0 bridgehead atoms. The zero-order chi connectivity index (χ0) is 23.3. The van der Waals surface area contributed by atoms with Crippen LogP contribution >= 0.6 is 0 Å². The first-order valence-corrected chi connectivity index (χ1v) is 10.9.